The average Bonchev–Trinajstić information content (AvgIpc) is 3.16. The number of amidine groups is 1. The first-order valence-corrected chi connectivity index (χ1v) is 10.8. The SMILES string of the molecule is CCC(F)(F)CCNC(=O)C(C)(C)Nc1nc(C2=CNC3=NC=C(Cl)CC23)ncc1C(N)=O. The number of allylic oxidation sites excluding steroid dienone is 1. The van der Waals surface area contributed by atoms with E-state index >= 15 is 0 Å². The van der Waals surface area contributed by atoms with Gasteiger partial charge in [0.05, 0.1) is 11.5 Å². The number of aromatic nitrogens is 2. The first-order valence-electron chi connectivity index (χ1n) is 10.4. The molecule has 5 N–H and O–H groups in total. The predicted molar refractivity (Wildman–Crippen MR) is 122 cm³/mol. The van der Waals surface area contributed by atoms with Crippen LogP contribution in [0.25, 0.3) is 5.57 Å². The van der Waals surface area contributed by atoms with E-state index in [-0.39, 0.29) is 30.3 Å². The van der Waals surface area contributed by atoms with E-state index in [0.29, 0.717) is 28.7 Å². The van der Waals surface area contributed by atoms with Gasteiger partial charge in [0.2, 0.25) is 11.8 Å². The molecule has 1 atom stereocenters. The Morgan fingerprint density at radius 3 is 2.76 bits per heavy atom. The van der Waals surface area contributed by atoms with Crippen LogP contribution in [-0.2, 0) is 4.79 Å². The Bertz CT molecular complexity index is 1050. The molecule has 0 radical (unpaired) electrons. The second kappa shape index (κ2) is 9.42. The quantitative estimate of drug-likeness (QED) is 0.428. The van der Waals surface area contributed by atoms with E-state index in [1.54, 1.807) is 26.2 Å². The molecule has 1 aromatic rings. The number of nitrogens with two attached hydrogens (primary N) is 1. The summed E-state index contributed by atoms with van der Waals surface area (Å²) in [6, 6.07) is 0. The van der Waals surface area contributed by atoms with Gasteiger partial charge in [0.1, 0.15) is 17.2 Å². The second-order valence-electron chi connectivity index (χ2n) is 8.38. The van der Waals surface area contributed by atoms with Crippen molar-refractivity contribution in [3.63, 3.8) is 0 Å². The van der Waals surface area contributed by atoms with Crippen LogP contribution in [0.3, 0.4) is 0 Å². The van der Waals surface area contributed by atoms with Crippen LogP contribution in [0, 0.1) is 5.92 Å². The minimum Gasteiger partial charge on any atom is -0.365 e. The molecule has 0 bridgehead atoms. The molecule has 0 aromatic carbocycles. The fourth-order valence-corrected chi connectivity index (χ4v) is 3.55. The van der Waals surface area contributed by atoms with Gasteiger partial charge in [-0.3, -0.25) is 9.59 Å². The molecule has 0 aliphatic carbocycles. The highest BCUT2D eigenvalue weighted by Gasteiger charge is 2.34. The molecule has 0 spiro atoms. The molecule has 1 unspecified atom stereocenters. The normalized spacial score (nSPS) is 17.9. The summed E-state index contributed by atoms with van der Waals surface area (Å²) in [4.78, 5) is 37.6. The zero-order chi connectivity index (χ0) is 24.4. The van der Waals surface area contributed by atoms with E-state index in [2.05, 4.69) is 30.9 Å². The minimum absolute atomic E-state index is 0.0147. The number of anilines is 1. The summed E-state index contributed by atoms with van der Waals surface area (Å²) in [5.41, 5.74) is 4.88. The zero-order valence-electron chi connectivity index (χ0n) is 18.5. The molecular formula is C21H26ClF2N7O2. The van der Waals surface area contributed by atoms with E-state index in [0.717, 1.165) is 0 Å². The smallest absolute Gasteiger partial charge is 0.254 e. The summed E-state index contributed by atoms with van der Waals surface area (Å²) in [5.74, 6) is -3.29. The van der Waals surface area contributed by atoms with Crippen LogP contribution in [0.5, 0.6) is 0 Å². The lowest BCUT2D eigenvalue weighted by molar-refractivity contribution is -0.124. The summed E-state index contributed by atoms with van der Waals surface area (Å²) in [5, 5.41) is 9.04. The van der Waals surface area contributed by atoms with Crippen LogP contribution < -0.4 is 21.7 Å². The highest BCUT2D eigenvalue weighted by atomic mass is 35.5. The predicted octanol–water partition coefficient (Wildman–Crippen LogP) is 2.76. The van der Waals surface area contributed by atoms with Gasteiger partial charge in [0.15, 0.2) is 5.82 Å². The van der Waals surface area contributed by atoms with Gasteiger partial charge in [0, 0.05) is 48.6 Å². The van der Waals surface area contributed by atoms with Gasteiger partial charge in [-0.15, -0.1) is 0 Å². The molecule has 0 saturated carbocycles. The van der Waals surface area contributed by atoms with Crippen LogP contribution in [0.15, 0.2) is 28.6 Å². The van der Waals surface area contributed by atoms with Gasteiger partial charge in [-0.1, -0.05) is 18.5 Å². The highest BCUT2D eigenvalue weighted by molar-refractivity contribution is 6.30. The van der Waals surface area contributed by atoms with E-state index in [1.807, 2.05) is 0 Å². The molecule has 12 heteroatoms. The zero-order valence-corrected chi connectivity index (χ0v) is 19.3. The lowest BCUT2D eigenvalue weighted by atomic mass is 9.95. The Balaban J connectivity index is 1.80. The Labute approximate surface area is 195 Å². The van der Waals surface area contributed by atoms with Gasteiger partial charge in [0.25, 0.3) is 5.91 Å². The number of nitrogens with one attached hydrogen (secondary N) is 3. The molecule has 2 aliphatic heterocycles. The summed E-state index contributed by atoms with van der Waals surface area (Å²) in [6.07, 6.45) is 4.28. The van der Waals surface area contributed by atoms with Crippen molar-refractivity contribution in [2.45, 2.75) is 51.5 Å². The van der Waals surface area contributed by atoms with Gasteiger partial charge in [-0.05, 0) is 20.3 Å². The first kappa shape index (κ1) is 24.6. The van der Waals surface area contributed by atoms with Crippen molar-refractivity contribution < 1.29 is 18.4 Å². The van der Waals surface area contributed by atoms with E-state index in [1.165, 1.54) is 13.1 Å². The Morgan fingerprint density at radius 1 is 1.36 bits per heavy atom. The monoisotopic (exact) mass is 481 g/mol. The Morgan fingerprint density at radius 2 is 2.09 bits per heavy atom. The number of aliphatic imine (C=N–C) groups is 1. The molecule has 9 nitrogen and oxygen atoms in total. The number of primary amides is 1. The largest absolute Gasteiger partial charge is 0.365 e. The van der Waals surface area contributed by atoms with Gasteiger partial charge in [-0.2, -0.15) is 0 Å². The van der Waals surface area contributed by atoms with Crippen LogP contribution >= 0.6 is 11.6 Å². The molecule has 3 rings (SSSR count). The molecule has 2 aliphatic rings. The molecule has 0 saturated heterocycles. The van der Waals surface area contributed by atoms with Crippen LogP contribution in [0.1, 0.15) is 56.2 Å². The minimum atomic E-state index is -2.85. The number of halogens is 3. The van der Waals surface area contributed by atoms with Crippen molar-refractivity contribution in [1.29, 1.82) is 0 Å². The standard InChI is InChI=1S/C21H26ClF2N7O2/c1-4-21(23,24)5-6-26-19(33)20(2,3)31-18-14(15(25)32)10-29-17(30-18)13-9-28-16-12(13)7-11(22)8-27-16/h8-10,12H,4-7H2,1-3H3,(H2,25,32)(H,26,33)(H,27,28)(H,29,30,31). The maximum absolute atomic E-state index is 13.5. The van der Waals surface area contributed by atoms with Crippen molar-refractivity contribution >= 4 is 40.6 Å². The van der Waals surface area contributed by atoms with E-state index in [4.69, 9.17) is 17.3 Å². The maximum Gasteiger partial charge on any atom is 0.254 e. The summed E-state index contributed by atoms with van der Waals surface area (Å²) in [7, 11) is 0. The van der Waals surface area contributed by atoms with Gasteiger partial charge < -0.3 is 21.7 Å². The third-order valence-corrected chi connectivity index (χ3v) is 5.68. The Hall–Kier alpha value is -3.08. The number of carbonyl (C=O) groups excluding carboxylic acids is 2. The lowest BCUT2D eigenvalue weighted by Gasteiger charge is -2.27. The number of hydrogen-bond donors (Lipinski definition) is 4. The topological polar surface area (TPSA) is 134 Å². The average molecular weight is 482 g/mol. The van der Waals surface area contributed by atoms with E-state index in [9.17, 15) is 18.4 Å². The number of nitrogens with zero attached hydrogens (tertiary/aromatic N) is 3. The first-order chi connectivity index (χ1) is 15.4. The molecule has 0 fully saturated rings. The van der Waals surface area contributed by atoms with Crippen molar-refractivity contribution in [1.82, 2.24) is 20.6 Å². The van der Waals surface area contributed by atoms with Gasteiger partial charge in [-0.25, -0.2) is 23.7 Å². The number of fused-ring (bicyclic) bond motifs is 1. The molecule has 33 heavy (non-hydrogen) atoms. The fraction of sp³-hybridized carbons (Fsp3) is 0.476. The van der Waals surface area contributed by atoms with Crippen LogP contribution in [-0.4, -0.2) is 45.6 Å². The molecular weight excluding hydrogens is 456 g/mol. The van der Waals surface area contributed by atoms with Gasteiger partial charge >= 0.3 is 0 Å². The number of carbonyl (C=O) groups is 2. The van der Waals surface area contributed by atoms with Crippen molar-refractivity contribution in [2.75, 3.05) is 11.9 Å². The molecule has 2 amide bonds. The highest BCUT2D eigenvalue weighted by Crippen LogP contribution is 2.35. The number of amides is 2. The Kier molecular flexibility index (Phi) is 7.01. The molecule has 178 valence electrons. The van der Waals surface area contributed by atoms with Crippen LogP contribution in [0.4, 0.5) is 14.6 Å². The number of hydrogen-bond acceptors (Lipinski definition) is 7. The third-order valence-electron chi connectivity index (χ3n) is 5.43. The third kappa shape index (κ3) is 5.65. The van der Waals surface area contributed by atoms with E-state index < -0.39 is 29.7 Å². The van der Waals surface area contributed by atoms with Crippen molar-refractivity contribution in [2.24, 2.45) is 16.6 Å². The summed E-state index contributed by atoms with van der Waals surface area (Å²) in [6.45, 7) is 4.27. The van der Waals surface area contributed by atoms with Crippen molar-refractivity contribution in [3.05, 3.63) is 35.0 Å². The fourth-order valence-electron chi connectivity index (χ4n) is 3.35. The lowest BCUT2D eigenvalue weighted by Crippen LogP contribution is -2.49. The molecule has 1 aromatic heterocycles. The molecule has 3 heterocycles. The van der Waals surface area contributed by atoms with Crippen LogP contribution in [0.2, 0.25) is 0 Å². The number of alkyl halides is 2. The second-order valence-corrected chi connectivity index (χ2v) is 8.86. The summed E-state index contributed by atoms with van der Waals surface area (Å²) >= 11 is 6.13. The summed E-state index contributed by atoms with van der Waals surface area (Å²) < 4.78 is 26.9. The number of rotatable bonds is 9. The van der Waals surface area contributed by atoms with Crippen molar-refractivity contribution in [3.8, 4) is 0 Å². The maximum atomic E-state index is 13.5.